The van der Waals surface area contributed by atoms with Gasteiger partial charge in [-0.1, -0.05) is 0 Å². The fourth-order valence-electron chi connectivity index (χ4n) is 1.96. The average Bonchev–Trinajstić information content (AvgIpc) is 3.19. The van der Waals surface area contributed by atoms with Crippen LogP contribution in [0, 0.1) is 0 Å². The number of nitrogen functional groups attached to an aromatic ring is 1. The van der Waals surface area contributed by atoms with E-state index in [1.54, 1.807) is 36.8 Å². The Hall–Kier alpha value is -3.09. The molecule has 3 N–H and O–H groups in total. The van der Waals surface area contributed by atoms with Crippen LogP contribution in [0.2, 0.25) is 0 Å². The molecule has 7 nitrogen and oxygen atoms in total. The van der Waals surface area contributed by atoms with Crippen molar-refractivity contribution in [3.8, 4) is 23.2 Å². The molecule has 0 bridgehead atoms. The molecule has 0 saturated carbocycles. The van der Waals surface area contributed by atoms with Crippen LogP contribution in [-0.2, 0) is 0 Å². The third kappa shape index (κ3) is 1.57. The van der Waals surface area contributed by atoms with Crippen molar-refractivity contribution in [1.82, 2.24) is 19.9 Å². The molecule has 0 atom stereocenters. The summed E-state index contributed by atoms with van der Waals surface area (Å²) < 4.78 is 10.6. The van der Waals surface area contributed by atoms with Gasteiger partial charge in [-0.25, -0.2) is 15.0 Å². The monoisotopic (exact) mass is 267 g/mol. The Balaban J connectivity index is 1.92. The zero-order valence-corrected chi connectivity index (χ0v) is 10.2. The second kappa shape index (κ2) is 3.95. The van der Waals surface area contributed by atoms with Crippen LogP contribution in [0.25, 0.3) is 34.3 Å². The molecule has 0 spiro atoms. The molecule has 4 aromatic heterocycles. The molecule has 20 heavy (non-hydrogen) atoms. The Morgan fingerprint density at radius 1 is 0.950 bits per heavy atom. The van der Waals surface area contributed by atoms with E-state index < -0.39 is 0 Å². The summed E-state index contributed by atoms with van der Waals surface area (Å²) in [6.07, 6.45) is 3.13. The molecular formula is C13H9N5O2. The molecule has 98 valence electrons. The van der Waals surface area contributed by atoms with E-state index in [2.05, 4.69) is 19.9 Å². The van der Waals surface area contributed by atoms with Crippen molar-refractivity contribution in [1.29, 1.82) is 0 Å². The summed E-state index contributed by atoms with van der Waals surface area (Å²) in [6.45, 7) is 0. The van der Waals surface area contributed by atoms with Crippen LogP contribution >= 0.6 is 0 Å². The second-order valence-corrected chi connectivity index (χ2v) is 4.17. The largest absolute Gasteiger partial charge is 0.461 e. The smallest absolute Gasteiger partial charge is 0.199 e. The molecule has 0 aliphatic carbocycles. The molecule has 4 rings (SSSR count). The normalized spacial score (nSPS) is 11.2. The van der Waals surface area contributed by atoms with Gasteiger partial charge < -0.3 is 19.6 Å². The Labute approximate surface area is 112 Å². The molecule has 4 heterocycles. The van der Waals surface area contributed by atoms with Gasteiger partial charge in [-0.2, -0.15) is 0 Å². The van der Waals surface area contributed by atoms with Crippen LogP contribution in [0.5, 0.6) is 0 Å². The van der Waals surface area contributed by atoms with Crippen LogP contribution in [0.3, 0.4) is 0 Å². The third-order valence-electron chi connectivity index (χ3n) is 2.88. The van der Waals surface area contributed by atoms with Gasteiger partial charge in [-0.15, -0.1) is 0 Å². The van der Waals surface area contributed by atoms with Gasteiger partial charge >= 0.3 is 0 Å². The fourth-order valence-corrected chi connectivity index (χ4v) is 1.96. The van der Waals surface area contributed by atoms with Crippen LogP contribution < -0.4 is 5.73 Å². The lowest BCUT2D eigenvalue weighted by Gasteiger charge is -1.97. The highest BCUT2D eigenvalue weighted by molar-refractivity contribution is 5.85. The first-order valence-corrected chi connectivity index (χ1v) is 5.92. The zero-order valence-electron chi connectivity index (χ0n) is 10.2. The number of aromatic nitrogens is 4. The van der Waals surface area contributed by atoms with E-state index in [0.717, 1.165) is 0 Å². The maximum atomic E-state index is 5.94. The molecule has 0 fully saturated rings. The summed E-state index contributed by atoms with van der Waals surface area (Å²) >= 11 is 0. The van der Waals surface area contributed by atoms with Crippen molar-refractivity contribution in [2.45, 2.75) is 0 Å². The number of furan rings is 2. The van der Waals surface area contributed by atoms with Gasteiger partial charge in [0.2, 0.25) is 0 Å². The lowest BCUT2D eigenvalue weighted by Crippen LogP contribution is -1.96. The number of aromatic amines is 1. The zero-order chi connectivity index (χ0) is 13.5. The van der Waals surface area contributed by atoms with E-state index in [-0.39, 0.29) is 0 Å². The van der Waals surface area contributed by atoms with Crippen LogP contribution in [0.1, 0.15) is 0 Å². The highest BCUT2D eigenvalue weighted by Gasteiger charge is 2.15. The van der Waals surface area contributed by atoms with Gasteiger partial charge in [0.1, 0.15) is 5.52 Å². The summed E-state index contributed by atoms with van der Waals surface area (Å²) in [5.41, 5.74) is 6.98. The topological polar surface area (TPSA) is 107 Å². The number of nitrogens with one attached hydrogen (secondary N) is 1. The maximum absolute atomic E-state index is 5.94. The first kappa shape index (κ1) is 10.8. The van der Waals surface area contributed by atoms with Crippen molar-refractivity contribution >= 4 is 17.0 Å². The SMILES string of the molecule is Nc1nc(-c2ccco2)nc2nc(-c3ccco3)[nH]c12. The van der Waals surface area contributed by atoms with Gasteiger partial charge in [0.25, 0.3) is 0 Å². The Morgan fingerprint density at radius 2 is 1.70 bits per heavy atom. The Morgan fingerprint density at radius 3 is 2.40 bits per heavy atom. The van der Waals surface area contributed by atoms with Crippen molar-refractivity contribution in [3.05, 3.63) is 36.8 Å². The van der Waals surface area contributed by atoms with E-state index in [0.29, 0.717) is 40.2 Å². The number of anilines is 1. The van der Waals surface area contributed by atoms with Crippen LogP contribution in [0.15, 0.2) is 45.6 Å². The summed E-state index contributed by atoms with van der Waals surface area (Å²) in [6, 6.07) is 7.11. The van der Waals surface area contributed by atoms with E-state index in [9.17, 15) is 0 Å². The first-order chi connectivity index (χ1) is 9.81. The van der Waals surface area contributed by atoms with Crippen molar-refractivity contribution in [2.24, 2.45) is 0 Å². The summed E-state index contributed by atoms with van der Waals surface area (Å²) in [5.74, 6) is 2.43. The van der Waals surface area contributed by atoms with Crippen molar-refractivity contribution in [3.63, 3.8) is 0 Å². The van der Waals surface area contributed by atoms with E-state index in [4.69, 9.17) is 14.6 Å². The van der Waals surface area contributed by atoms with Gasteiger partial charge in [0.05, 0.1) is 12.5 Å². The molecule has 0 aliphatic heterocycles. The minimum absolute atomic E-state index is 0.312. The third-order valence-corrected chi connectivity index (χ3v) is 2.88. The molecule has 0 amide bonds. The minimum Gasteiger partial charge on any atom is -0.461 e. The number of hydrogen-bond donors (Lipinski definition) is 2. The number of nitrogens with two attached hydrogens (primary N) is 1. The maximum Gasteiger partial charge on any atom is 0.199 e. The van der Waals surface area contributed by atoms with E-state index >= 15 is 0 Å². The minimum atomic E-state index is 0.312. The quantitative estimate of drug-likeness (QED) is 0.577. The second-order valence-electron chi connectivity index (χ2n) is 4.17. The summed E-state index contributed by atoms with van der Waals surface area (Å²) in [7, 11) is 0. The van der Waals surface area contributed by atoms with Crippen molar-refractivity contribution in [2.75, 3.05) is 5.73 Å². The van der Waals surface area contributed by atoms with Crippen LogP contribution in [-0.4, -0.2) is 19.9 Å². The van der Waals surface area contributed by atoms with E-state index in [1.165, 1.54) is 0 Å². The standard InChI is InChI=1S/C13H9N5O2/c14-10-9-13(17-11(15-9)7-3-1-5-19-7)18-12(16-10)8-4-2-6-20-8/h1-6H,(H3,14,15,16,17,18). The van der Waals surface area contributed by atoms with Crippen molar-refractivity contribution < 1.29 is 8.83 Å². The Kier molecular flexibility index (Phi) is 2.13. The number of rotatable bonds is 2. The van der Waals surface area contributed by atoms with Gasteiger partial charge in [-0.05, 0) is 24.3 Å². The summed E-state index contributed by atoms with van der Waals surface area (Å²) in [4.78, 5) is 16.0. The highest BCUT2D eigenvalue weighted by atomic mass is 16.3. The van der Waals surface area contributed by atoms with Crippen LogP contribution in [0.4, 0.5) is 5.82 Å². The first-order valence-electron chi connectivity index (χ1n) is 5.92. The predicted molar refractivity (Wildman–Crippen MR) is 71.5 cm³/mol. The molecule has 0 radical (unpaired) electrons. The summed E-state index contributed by atoms with van der Waals surface area (Å²) in [5, 5.41) is 0. The fraction of sp³-hybridized carbons (Fsp3) is 0. The molecule has 0 unspecified atom stereocenters. The predicted octanol–water partition coefficient (Wildman–Crippen LogP) is 2.46. The molecule has 0 aromatic carbocycles. The molecule has 0 aliphatic rings. The molecule has 7 heteroatoms. The number of imidazole rings is 1. The van der Waals surface area contributed by atoms with Gasteiger partial charge in [0, 0.05) is 0 Å². The Bertz CT molecular complexity index is 862. The molecule has 4 aromatic rings. The van der Waals surface area contributed by atoms with E-state index in [1.807, 2.05) is 0 Å². The average molecular weight is 267 g/mol. The van der Waals surface area contributed by atoms with Gasteiger partial charge in [-0.3, -0.25) is 0 Å². The number of fused-ring (bicyclic) bond motifs is 1. The number of hydrogen-bond acceptors (Lipinski definition) is 6. The highest BCUT2D eigenvalue weighted by Crippen LogP contribution is 2.25. The lowest BCUT2D eigenvalue weighted by atomic mass is 10.4. The molecule has 0 saturated heterocycles. The molecular weight excluding hydrogens is 258 g/mol. The lowest BCUT2D eigenvalue weighted by molar-refractivity contribution is 0.577. The number of nitrogens with zero attached hydrogens (tertiary/aromatic N) is 3. The number of H-pyrrole nitrogens is 1. The van der Waals surface area contributed by atoms with Gasteiger partial charge in [0.15, 0.2) is 34.6 Å².